The molecular weight excluding hydrogens is 502 g/mol. The highest BCUT2D eigenvalue weighted by molar-refractivity contribution is 7.85. The second-order valence-electron chi connectivity index (χ2n) is 9.37. The molecule has 1 aliphatic rings. The fourth-order valence-electron chi connectivity index (χ4n) is 5.05. The zero-order valence-corrected chi connectivity index (χ0v) is 21.2. The maximum atomic E-state index is 13.3. The van der Waals surface area contributed by atoms with Crippen LogP contribution in [0.5, 0.6) is 5.75 Å². The third-order valence-corrected chi connectivity index (χ3v) is 7.88. The Bertz CT molecular complexity index is 1540. The minimum absolute atomic E-state index is 0.0162. The van der Waals surface area contributed by atoms with Gasteiger partial charge in [0.2, 0.25) is 5.91 Å². The van der Waals surface area contributed by atoms with E-state index in [0.29, 0.717) is 24.0 Å². The number of phenolic OH excluding ortho intramolecular Hbond substituents is 1. The third kappa shape index (κ3) is 5.06. The predicted octanol–water partition coefficient (Wildman–Crippen LogP) is 5.52. The van der Waals surface area contributed by atoms with E-state index in [1.807, 2.05) is 66.7 Å². The monoisotopic (exact) mass is 529 g/mol. The van der Waals surface area contributed by atoms with Gasteiger partial charge in [-0.3, -0.25) is 9.35 Å². The number of phenols is 1. The zero-order chi connectivity index (χ0) is 26.9. The second-order valence-corrected chi connectivity index (χ2v) is 10.8. The molecule has 0 aromatic heterocycles. The molecule has 4 aromatic carbocycles. The van der Waals surface area contributed by atoms with Crippen molar-refractivity contribution in [1.29, 1.82) is 0 Å². The van der Waals surface area contributed by atoms with E-state index in [-0.39, 0.29) is 28.5 Å². The van der Waals surface area contributed by atoms with E-state index in [9.17, 15) is 28.0 Å². The number of rotatable bonds is 8. The molecule has 1 amide bonds. The summed E-state index contributed by atoms with van der Waals surface area (Å²) < 4.78 is 31.9. The third-order valence-electron chi connectivity index (χ3n) is 7.01. The second kappa shape index (κ2) is 10.4. The number of β-lactam (4-membered cyclic amide) rings is 1. The van der Waals surface area contributed by atoms with Crippen LogP contribution in [0.3, 0.4) is 0 Å². The van der Waals surface area contributed by atoms with Crippen molar-refractivity contribution in [3.63, 3.8) is 0 Å². The molecule has 1 aliphatic heterocycles. The van der Waals surface area contributed by atoms with E-state index in [0.717, 1.165) is 16.8 Å². The fourth-order valence-corrected chi connectivity index (χ4v) is 5.53. The van der Waals surface area contributed by atoms with Gasteiger partial charge in [0, 0.05) is 11.3 Å². The molecule has 1 heterocycles. The molecule has 1 fully saturated rings. The Labute approximate surface area is 221 Å². The van der Waals surface area contributed by atoms with Crippen LogP contribution < -0.4 is 4.90 Å². The van der Waals surface area contributed by atoms with Crippen LogP contribution in [-0.4, -0.2) is 29.1 Å². The number of carbonyl (C=O) groups is 1. The van der Waals surface area contributed by atoms with Gasteiger partial charge in [-0.15, -0.1) is 0 Å². The number of nitrogens with zero attached hydrogens (tertiary/aromatic N) is 1. The van der Waals surface area contributed by atoms with Crippen molar-refractivity contribution in [2.45, 2.75) is 29.9 Å². The highest BCUT2D eigenvalue weighted by Gasteiger charge is 2.48. The number of hydrogen-bond donors (Lipinski definition) is 3. The molecule has 194 valence electrons. The number of anilines is 1. The largest absolute Gasteiger partial charge is 0.507 e. The van der Waals surface area contributed by atoms with Gasteiger partial charge in [0.25, 0.3) is 10.1 Å². The van der Waals surface area contributed by atoms with E-state index in [4.69, 9.17) is 0 Å². The van der Waals surface area contributed by atoms with E-state index in [1.54, 1.807) is 17.0 Å². The molecule has 8 heteroatoms. The summed E-state index contributed by atoms with van der Waals surface area (Å²) in [5.74, 6) is -0.420. The molecule has 0 radical (unpaired) electrons. The molecule has 7 nitrogen and oxygen atoms in total. The summed E-state index contributed by atoms with van der Waals surface area (Å²) in [6.45, 7) is 0. The molecule has 38 heavy (non-hydrogen) atoms. The molecule has 1 saturated heterocycles. The first-order valence-corrected chi connectivity index (χ1v) is 13.7. The minimum atomic E-state index is -4.32. The van der Waals surface area contributed by atoms with Gasteiger partial charge in [-0.1, -0.05) is 72.8 Å². The summed E-state index contributed by atoms with van der Waals surface area (Å²) >= 11 is 0. The fraction of sp³-hybridized carbons (Fsp3) is 0.167. The average Bonchev–Trinajstić information content (AvgIpc) is 2.92. The summed E-state index contributed by atoms with van der Waals surface area (Å²) in [5, 5.41) is 21.6. The Balaban J connectivity index is 1.43. The van der Waals surface area contributed by atoms with Crippen molar-refractivity contribution < 1.29 is 28.0 Å². The van der Waals surface area contributed by atoms with Gasteiger partial charge in [0.1, 0.15) is 5.75 Å². The van der Waals surface area contributed by atoms with Crippen molar-refractivity contribution in [2.24, 2.45) is 5.92 Å². The standard InChI is InChI=1S/C30H27NO6S/c32-27(21-7-3-1-4-8-21)18-17-26-29(31(30(26)34)23-9-5-2-6-10-23)22-13-16-25(28(33)19-22)20-11-14-24(15-12-20)38(35,36)37/h1-16,19,26-27,29,32-33H,17-18H2,(H,35,36,37)/t26-,27+,29-/m1/s1. The number of amides is 1. The van der Waals surface area contributed by atoms with Crippen LogP contribution in [0.2, 0.25) is 0 Å². The molecule has 3 N–H and O–H groups in total. The lowest BCUT2D eigenvalue weighted by molar-refractivity contribution is -0.131. The van der Waals surface area contributed by atoms with Crippen molar-refractivity contribution in [3.05, 3.63) is 114 Å². The van der Waals surface area contributed by atoms with Crippen molar-refractivity contribution in [2.75, 3.05) is 4.90 Å². The molecule has 3 atom stereocenters. The van der Waals surface area contributed by atoms with E-state index < -0.39 is 16.2 Å². The number of para-hydroxylation sites is 1. The quantitative estimate of drug-likeness (QED) is 0.204. The minimum Gasteiger partial charge on any atom is -0.507 e. The first-order chi connectivity index (χ1) is 18.2. The molecule has 0 aliphatic carbocycles. The molecule has 0 unspecified atom stereocenters. The molecular formula is C30H27NO6S. The van der Waals surface area contributed by atoms with Gasteiger partial charge in [0.15, 0.2) is 0 Å². The summed E-state index contributed by atoms with van der Waals surface area (Å²) in [6, 6.07) is 29.1. The number of aliphatic hydroxyl groups is 1. The Hall–Kier alpha value is -3.98. The summed E-state index contributed by atoms with van der Waals surface area (Å²) in [4.78, 5) is 14.8. The van der Waals surface area contributed by atoms with E-state index in [2.05, 4.69) is 0 Å². The van der Waals surface area contributed by atoms with Crippen LogP contribution in [-0.2, 0) is 14.9 Å². The number of aromatic hydroxyl groups is 1. The van der Waals surface area contributed by atoms with Crippen LogP contribution in [0, 0.1) is 5.92 Å². The van der Waals surface area contributed by atoms with Gasteiger partial charge in [0.05, 0.1) is 23.0 Å². The Morgan fingerprint density at radius 1 is 0.842 bits per heavy atom. The number of aliphatic hydroxyl groups excluding tert-OH is 1. The van der Waals surface area contributed by atoms with Gasteiger partial charge in [-0.2, -0.15) is 8.42 Å². The Morgan fingerprint density at radius 2 is 1.47 bits per heavy atom. The van der Waals surface area contributed by atoms with Crippen molar-refractivity contribution in [3.8, 4) is 16.9 Å². The highest BCUT2D eigenvalue weighted by Crippen LogP contribution is 2.47. The molecule has 5 rings (SSSR count). The molecule has 4 aromatic rings. The summed E-state index contributed by atoms with van der Waals surface area (Å²) in [5.41, 5.74) is 3.38. The molecule has 0 spiro atoms. The van der Waals surface area contributed by atoms with Crippen molar-refractivity contribution in [1.82, 2.24) is 0 Å². The first-order valence-electron chi connectivity index (χ1n) is 12.3. The summed E-state index contributed by atoms with van der Waals surface area (Å²) in [7, 11) is -4.32. The normalized spacial score (nSPS) is 18.2. The summed E-state index contributed by atoms with van der Waals surface area (Å²) in [6.07, 6.45) is 0.212. The number of carbonyl (C=O) groups excluding carboxylic acids is 1. The highest BCUT2D eigenvalue weighted by atomic mass is 32.2. The zero-order valence-electron chi connectivity index (χ0n) is 20.4. The lowest BCUT2D eigenvalue weighted by atomic mass is 9.78. The number of hydrogen-bond acceptors (Lipinski definition) is 5. The van der Waals surface area contributed by atoms with Gasteiger partial charge in [-0.25, -0.2) is 0 Å². The van der Waals surface area contributed by atoms with Gasteiger partial charge >= 0.3 is 0 Å². The molecule has 0 saturated carbocycles. The van der Waals surface area contributed by atoms with Crippen molar-refractivity contribution >= 4 is 21.7 Å². The lowest BCUT2D eigenvalue weighted by Gasteiger charge is -2.48. The van der Waals surface area contributed by atoms with Crippen LogP contribution in [0.1, 0.15) is 36.1 Å². The van der Waals surface area contributed by atoms with Crippen LogP contribution in [0.15, 0.2) is 108 Å². The lowest BCUT2D eigenvalue weighted by Crippen LogP contribution is -2.55. The average molecular weight is 530 g/mol. The Kier molecular flexibility index (Phi) is 7.03. The first kappa shape index (κ1) is 25.7. The smallest absolute Gasteiger partial charge is 0.294 e. The predicted molar refractivity (Wildman–Crippen MR) is 144 cm³/mol. The topological polar surface area (TPSA) is 115 Å². The Morgan fingerprint density at radius 3 is 2.08 bits per heavy atom. The maximum absolute atomic E-state index is 13.3. The van der Waals surface area contributed by atoms with Crippen LogP contribution in [0.25, 0.3) is 11.1 Å². The van der Waals surface area contributed by atoms with E-state index >= 15 is 0 Å². The van der Waals surface area contributed by atoms with Gasteiger partial charge < -0.3 is 15.1 Å². The maximum Gasteiger partial charge on any atom is 0.294 e. The number of benzene rings is 4. The molecule has 0 bridgehead atoms. The SMILES string of the molecule is O=C1[C@H](CC[C@H](O)c2ccccc2)[C@@H](c2ccc(-c3ccc(S(=O)(=O)O)cc3)c(O)c2)N1c1ccccc1. The van der Waals surface area contributed by atoms with Gasteiger partial charge in [-0.05, 0) is 59.9 Å². The van der Waals surface area contributed by atoms with E-state index in [1.165, 1.54) is 24.3 Å². The van der Waals surface area contributed by atoms with Crippen LogP contribution in [0.4, 0.5) is 5.69 Å². The van der Waals surface area contributed by atoms with Crippen LogP contribution >= 0.6 is 0 Å².